The van der Waals surface area contributed by atoms with Crippen molar-refractivity contribution in [3.05, 3.63) is 12.2 Å². The first-order valence-corrected chi connectivity index (χ1v) is 16.4. The van der Waals surface area contributed by atoms with Gasteiger partial charge in [0, 0.05) is 5.57 Å². The molecule has 0 bridgehead atoms. The summed E-state index contributed by atoms with van der Waals surface area (Å²) in [7, 11) is -9.28. The third kappa shape index (κ3) is 85.6. The molecule has 0 aliphatic heterocycles. The second-order valence-electron chi connectivity index (χ2n) is 9.18. The largest absolute Gasteiger partial charge is 0.466 e. The van der Waals surface area contributed by atoms with E-state index >= 15 is 0 Å². The molecule has 0 heterocycles. The first-order chi connectivity index (χ1) is 17.7. The number of aliphatic hydroxyl groups is 1. The van der Waals surface area contributed by atoms with Crippen LogP contribution < -0.4 is 0 Å². The molecule has 0 aliphatic carbocycles. The van der Waals surface area contributed by atoms with Crippen molar-refractivity contribution >= 4 is 21.6 Å². The quantitative estimate of drug-likeness (QED) is 0.0591. The lowest BCUT2D eigenvalue weighted by Gasteiger charge is -2.06. The lowest BCUT2D eigenvalue weighted by molar-refractivity contribution is -0.140. The molecule has 0 aromatic rings. The van der Waals surface area contributed by atoms with Crippen LogP contribution >= 0.6 is 15.6 Å². The average molecular weight is 613 g/mol. The van der Waals surface area contributed by atoms with Gasteiger partial charge in [0.15, 0.2) is 0 Å². The van der Waals surface area contributed by atoms with Gasteiger partial charge in [0.25, 0.3) is 0 Å². The Morgan fingerprint density at radius 3 is 1.33 bits per heavy atom. The summed E-state index contributed by atoms with van der Waals surface area (Å²) in [6, 6.07) is 0. The molecule has 7 N–H and O–H groups in total. The highest BCUT2D eigenvalue weighted by atomic mass is 31.2. The summed E-state index contributed by atoms with van der Waals surface area (Å²) >= 11 is 0. The molecule has 39 heavy (non-hydrogen) atoms. The number of esters is 1. The molecule has 14 heteroatoms. The van der Waals surface area contributed by atoms with Crippen molar-refractivity contribution in [1.82, 2.24) is 0 Å². The molecule has 0 spiro atoms. The van der Waals surface area contributed by atoms with Crippen LogP contribution in [0.3, 0.4) is 0 Å². The van der Waals surface area contributed by atoms with Crippen LogP contribution in [0.1, 0.15) is 107 Å². The highest BCUT2D eigenvalue weighted by molar-refractivity contribution is 7.45. The van der Waals surface area contributed by atoms with Crippen LogP contribution in [0.4, 0.5) is 0 Å². The molecule has 240 valence electrons. The van der Waals surface area contributed by atoms with Gasteiger partial charge in [0.05, 0.1) is 19.3 Å². The summed E-state index contributed by atoms with van der Waals surface area (Å²) < 4.78 is 27.5. The van der Waals surface area contributed by atoms with Crippen molar-refractivity contribution < 1.29 is 57.9 Å². The van der Waals surface area contributed by atoms with Crippen molar-refractivity contribution in [2.45, 2.75) is 113 Å². The van der Waals surface area contributed by atoms with Crippen molar-refractivity contribution in [2.24, 2.45) is 11.8 Å². The van der Waals surface area contributed by atoms with Gasteiger partial charge in [-0.2, -0.15) is 0 Å². The molecule has 0 saturated heterocycles. The van der Waals surface area contributed by atoms with Gasteiger partial charge in [-0.05, 0) is 25.7 Å². The lowest BCUT2D eigenvalue weighted by Crippen LogP contribution is -2.15. The van der Waals surface area contributed by atoms with Crippen LogP contribution in [-0.2, 0) is 23.4 Å². The van der Waals surface area contributed by atoms with Crippen molar-refractivity contribution in [2.75, 3.05) is 19.8 Å². The fraction of sp³-hybridized carbons (Fsp3) is 0.880. The van der Waals surface area contributed by atoms with E-state index in [-0.39, 0.29) is 13.2 Å². The van der Waals surface area contributed by atoms with Crippen molar-refractivity contribution in [1.29, 1.82) is 0 Å². The average Bonchev–Trinajstić information content (AvgIpc) is 2.78. The van der Waals surface area contributed by atoms with Gasteiger partial charge >= 0.3 is 21.6 Å². The van der Waals surface area contributed by atoms with Crippen molar-refractivity contribution in [3.63, 3.8) is 0 Å². The third-order valence-electron chi connectivity index (χ3n) is 4.66. The summed E-state index contributed by atoms with van der Waals surface area (Å²) in [5, 5.41) is 8.80. The van der Waals surface area contributed by atoms with Gasteiger partial charge < -0.3 is 43.9 Å². The number of hydrogen-bond acceptors (Lipinski definition) is 6. The Balaban J connectivity index is -0.000000130. The van der Waals surface area contributed by atoms with Crippen LogP contribution in [0.5, 0.6) is 0 Å². The number of rotatable bonds is 14. The van der Waals surface area contributed by atoms with E-state index in [9.17, 15) is 4.79 Å². The van der Waals surface area contributed by atoms with Gasteiger partial charge in [-0.15, -0.1) is 0 Å². The summed E-state index contributed by atoms with van der Waals surface area (Å²) in [5.74, 6) is 1.49. The second kappa shape index (κ2) is 31.9. The third-order valence-corrected chi connectivity index (χ3v) is 4.66. The van der Waals surface area contributed by atoms with Crippen LogP contribution in [0.2, 0.25) is 0 Å². The highest BCUT2D eigenvalue weighted by Crippen LogP contribution is 2.26. The maximum Gasteiger partial charge on any atom is 0.466 e. The van der Waals surface area contributed by atoms with E-state index in [4.69, 9.17) is 53.1 Å². The molecule has 0 aromatic heterocycles. The molecule has 0 radical (unpaired) electrons. The predicted molar refractivity (Wildman–Crippen MR) is 155 cm³/mol. The van der Waals surface area contributed by atoms with Crippen molar-refractivity contribution in [3.8, 4) is 0 Å². The number of carbonyl (C=O) groups is 1. The SMILES string of the molecule is C=C(C)C(=O)OCCOCC(C)O.CCCCC(C)CC.CCCCC(C)CC.O=P(O)(O)O.O=P(O)(O)O. The maximum atomic E-state index is 10.8. The second-order valence-corrected chi connectivity index (χ2v) is 11.2. The molecule has 3 unspecified atom stereocenters. The minimum atomic E-state index is -4.64. The van der Waals surface area contributed by atoms with E-state index in [1.807, 2.05) is 0 Å². The van der Waals surface area contributed by atoms with Crippen LogP contribution in [0.25, 0.3) is 0 Å². The van der Waals surface area contributed by atoms with E-state index in [1.165, 1.54) is 51.4 Å². The summed E-state index contributed by atoms with van der Waals surface area (Å²) in [5.41, 5.74) is 0.371. The lowest BCUT2D eigenvalue weighted by atomic mass is 10.0. The standard InChI is InChI=1S/C9H16O4.2C8H18.2H3O4P/c1-7(2)9(11)13-5-4-12-6-8(3)10;2*1-4-6-7-8(3)5-2;2*1-5(2,3)4/h8,10H,1,4-6H2,2-3H3;2*8H,4-7H2,1-3H3;2*(H3,1,2,3,4). The number of phosphoric acid groups is 2. The molecule has 0 saturated carbocycles. The van der Waals surface area contributed by atoms with E-state index in [1.54, 1.807) is 13.8 Å². The van der Waals surface area contributed by atoms with E-state index in [0.717, 1.165) is 11.8 Å². The molecule has 3 atom stereocenters. The van der Waals surface area contributed by atoms with Gasteiger partial charge in [-0.3, -0.25) is 0 Å². The van der Waals surface area contributed by atoms with Gasteiger partial charge in [0.1, 0.15) is 6.61 Å². The Labute approximate surface area is 236 Å². The Bertz CT molecular complexity index is 582. The molecule has 0 fully saturated rings. The molecular formula is C25H58O12P2. The van der Waals surface area contributed by atoms with Gasteiger partial charge in [-0.1, -0.05) is 99.5 Å². The molecular weight excluding hydrogens is 554 g/mol. The van der Waals surface area contributed by atoms with E-state index < -0.39 is 27.7 Å². The first kappa shape index (κ1) is 48.1. The Hall–Kier alpha value is -0.650. The van der Waals surface area contributed by atoms with Crippen LogP contribution in [0, 0.1) is 11.8 Å². The smallest absolute Gasteiger partial charge is 0.460 e. The number of ether oxygens (including phenoxy) is 2. The predicted octanol–water partition coefficient (Wildman–Crippen LogP) is 5.09. The highest BCUT2D eigenvalue weighted by Gasteiger charge is 2.02. The molecule has 0 amide bonds. The zero-order valence-corrected chi connectivity index (χ0v) is 27.1. The Morgan fingerprint density at radius 2 is 1.10 bits per heavy atom. The minimum Gasteiger partial charge on any atom is -0.460 e. The summed E-state index contributed by atoms with van der Waals surface area (Å²) in [6.45, 7) is 21.1. The maximum absolute atomic E-state index is 10.8. The van der Waals surface area contributed by atoms with Gasteiger partial charge in [-0.25, -0.2) is 13.9 Å². The van der Waals surface area contributed by atoms with E-state index in [2.05, 4.69) is 48.1 Å². The minimum absolute atomic E-state index is 0.193. The zero-order chi connectivity index (χ0) is 32.1. The first-order valence-electron chi connectivity index (χ1n) is 13.3. The summed E-state index contributed by atoms with van der Waals surface area (Å²) in [4.78, 5) is 53.9. The fourth-order valence-corrected chi connectivity index (χ4v) is 2.08. The Morgan fingerprint density at radius 1 is 0.769 bits per heavy atom. The van der Waals surface area contributed by atoms with E-state index in [0.29, 0.717) is 12.2 Å². The molecule has 0 aliphatic rings. The Kier molecular flexibility index (Phi) is 39.3. The zero-order valence-electron chi connectivity index (χ0n) is 25.3. The number of carbonyl (C=O) groups excluding carboxylic acids is 1. The fourth-order valence-electron chi connectivity index (χ4n) is 2.08. The van der Waals surface area contributed by atoms with Crippen LogP contribution in [-0.4, -0.2) is 66.4 Å². The molecule has 0 aromatic carbocycles. The number of hydrogen-bond donors (Lipinski definition) is 7. The normalized spacial score (nSPS) is 12.8. The number of aliphatic hydroxyl groups excluding tert-OH is 1. The van der Waals surface area contributed by atoms with Crippen LogP contribution in [0.15, 0.2) is 12.2 Å². The monoisotopic (exact) mass is 612 g/mol. The number of unbranched alkanes of at least 4 members (excludes halogenated alkanes) is 2. The summed E-state index contributed by atoms with van der Waals surface area (Å²) in [6.07, 6.45) is 10.6. The molecule has 12 nitrogen and oxygen atoms in total. The topological polar surface area (TPSA) is 211 Å². The van der Waals surface area contributed by atoms with Gasteiger partial charge in [0.2, 0.25) is 0 Å². The molecule has 0 rings (SSSR count).